The fraction of sp³-hybridized carbons (Fsp3) is 0.588. The van der Waals surface area contributed by atoms with Gasteiger partial charge in [-0.2, -0.15) is 13.2 Å². The van der Waals surface area contributed by atoms with Gasteiger partial charge in [-0.3, -0.25) is 4.79 Å². The number of para-hydroxylation sites is 1. The lowest BCUT2D eigenvalue weighted by Gasteiger charge is -2.33. The molecule has 0 bridgehead atoms. The van der Waals surface area contributed by atoms with E-state index in [4.69, 9.17) is 14.2 Å². The van der Waals surface area contributed by atoms with Gasteiger partial charge in [-0.05, 0) is 25.0 Å². The number of alkyl halides is 3. The highest BCUT2D eigenvalue weighted by Gasteiger charge is 2.35. The van der Waals surface area contributed by atoms with Gasteiger partial charge in [-0.25, -0.2) is 0 Å². The van der Waals surface area contributed by atoms with Gasteiger partial charge in [-0.1, -0.05) is 12.1 Å². The Hall–Kier alpha value is -1.80. The summed E-state index contributed by atoms with van der Waals surface area (Å²) in [6.07, 6.45) is -3.23. The van der Waals surface area contributed by atoms with Crippen LogP contribution in [0.15, 0.2) is 24.3 Å². The van der Waals surface area contributed by atoms with Gasteiger partial charge in [-0.15, -0.1) is 0 Å². The lowest BCUT2D eigenvalue weighted by molar-refractivity contribution is -0.142. The van der Waals surface area contributed by atoms with Gasteiger partial charge in [0, 0.05) is 19.0 Å². The van der Waals surface area contributed by atoms with Gasteiger partial charge < -0.3 is 19.1 Å². The van der Waals surface area contributed by atoms with Crippen molar-refractivity contribution in [2.75, 3.05) is 32.9 Å². The van der Waals surface area contributed by atoms with E-state index >= 15 is 0 Å². The minimum Gasteiger partial charge on any atom is -0.483 e. The molecule has 2 aliphatic rings. The van der Waals surface area contributed by atoms with Crippen LogP contribution in [0.3, 0.4) is 0 Å². The summed E-state index contributed by atoms with van der Waals surface area (Å²) < 4.78 is 54.9. The molecule has 2 saturated heterocycles. The predicted octanol–water partition coefficient (Wildman–Crippen LogP) is 2.70. The number of benzene rings is 1. The second-order valence-corrected chi connectivity index (χ2v) is 6.11. The first kappa shape index (κ1) is 18.0. The molecule has 0 spiro atoms. The number of amides is 1. The Morgan fingerprint density at radius 1 is 1.16 bits per heavy atom. The standard InChI is InChI=1S/C17H20F3NO4/c18-17(19,20)13-3-1-2-4-14(13)25-11-15(22)21-7-5-12(6-8-21)16-23-9-10-24-16/h1-4,12,16H,5-11H2. The third-order valence-electron chi connectivity index (χ3n) is 4.47. The zero-order valence-corrected chi connectivity index (χ0v) is 13.6. The molecular weight excluding hydrogens is 339 g/mol. The van der Waals surface area contributed by atoms with E-state index < -0.39 is 18.3 Å². The second kappa shape index (κ2) is 7.61. The summed E-state index contributed by atoms with van der Waals surface area (Å²) in [5.74, 6) is -0.395. The molecule has 8 heteroatoms. The van der Waals surface area contributed by atoms with Gasteiger partial charge in [0.25, 0.3) is 5.91 Å². The van der Waals surface area contributed by atoms with Crippen LogP contribution in [-0.2, 0) is 20.4 Å². The fourth-order valence-corrected chi connectivity index (χ4v) is 3.13. The Morgan fingerprint density at radius 2 is 1.80 bits per heavy atom. The molecule has 25 heavy (non-hydrogen) atoms. The van der Waals surface area contributed by atoms with Crippen LogP contribution in [0.4, 0.5) is 13.2 Å². The molecular formula is C17H20F3NO4. The fourth-order valence-electron chi connectivity index (χ4n) is 3.13. The van der Waals surface area contributed by atoms with E-state index in [1.807, 2.05) is 0 Å². The highest BCUT2D eigenvalue weighted by molar-refractivity contribution is 5.77. The molecule has 1 aromatic rings. The number of halogens is 3. The molecule has 0 atom stereocenters. The van der Waals surface area contributed by atoms with Crippen LogP contribution >= 0.6 is 0 Å². The average Bonchev–Trinajstić information content (AvgIpc) is 3.14. The van der Waals surface area contributed by atoms with Gasteiger partial charge >= 0.3 is 6.18 Å². The van der Waals surface area contributed by atoms with E-state index in [0.717, 1.165) is 18.9 Å². The Bertz CT molecular complexity index is 594. The molecule has 2 fully saturated rings. The molecule has 1 amide bonds. The summed E-state index contributed by atoms with van der Waals surface area (Å²) in [5, 5.41) is 0. The summed E-state index contributed by atoms with van der Waals surface area (Å²) in [6.45, 7) is 1.83. The number of ether oxygens (including phenoxy) is 3. The van der Waals surface area contributed by atoms with Crippen molar-refractivity contribution >= 4 is 5.91 Å². The van der Waals surface area contributed by atoms with Crippen molar-refractivity contribution in [3.8, 4) is 5.75 Å². The van der Waals surface area contributed by atoms with Crippen molar-refractivity contribution in [1.29, 1.82) is 0 Å². The first-order chi connectivity index (χ1) is 11.9. The number of carbonyl (C=O) groups excluding carboxylic acids is 1. The molecule has 0 aromatic heterocycles. The minimum absolute atomic E-state index is 0.202. The van der Waals surface area contributed by atoms with Crippen LogP contribution in [-0.4, -0.2) is 50.0 Å². The molecule has 0 aliphatic carbocycles. The minimum atomic E-state index is -4.51. The molecule has 0 radical (unpaired) electrons. The number of rotatable bonds is 4. The summed E-state index contributed by atoms with van der Waals surface area (Å²) >= 11 is 0. The van der Waals surface area contributed by atoms with Crippen LogP contribution < -0.4 is 4.74 Å². The van der Waals surface area contributed by atoms with Crippen LogP contribution in [0.2, 0.25) is 0 Å². The molecule has 138 valence electrons. The maximum atomic E-state index is 12.9. The molecule has 2 heterocycles. The second-order valence-electron chi connectivity index (χ2n) is 6.11. The van der Waals surface area contributed by atoms with E-state index in [0.29, 0.717) is 26.3 Å². The van der Waals surface area contributed by atoms with E-state index in [9.17, 15) is 18.0 Å². The number of likely N-dealkylation sites (tertiary alicyclic amines) is 1. The monoisotopic (exact) mass is 359 g/mol. The van der Waals surface area contributed by atoms with Crippen LogP contribution in [0.1, 0.15) is 18.4 Å². The highest BCUT2D eigenvalue weighted by atomic mass is 19.4. The number of hydrogen-bond donors (Lipinski definition) is 0. The SMILES string of the molecule is O=C(COc1ccccc1C(F)(F)F)N1CCC(C2OCCO2)CC1. The summed E-state index contributed by atoms with van der Waals surface area (Å²) in [4.78, 5) is 13.8. The smallest absolute Gasteiger partial charge is 0.419 e. The van der Waals surface area contributed by atoms with E-state index in [1.165, 1.54) is 18.2 Å². The van der Waals surface area contributed by atoms with Crippen molar-refractivity contribution in [1.82, 2.24) is 4.90 Å². The number of hydrogen-bond acceptors (Lipinski definition) is 4. The molecule has 5 nitrogen and oxygen atoms in total. The zero-order valence-electron chi connectivity index (χ0n) is 13.6. The topological polar surface area (TPSA) is 48.0 Å². The normalized spacial score (nSPS) is 20.0. The molecule has 1 aromatic carbocycles. The summed E-state index contributed by atoms with van der Waals surface area (Å²) in [6, 6.07) is 4.89. The van der Waals surface area contributed by atoms with Crippen LogP contribution in [0.25, 0.3) is 0 Å². The first-order valence-electron chi connectivity index (χ1n) is 8.25. The third kappa shape index (κ3) is 4.43. The van der Waals surface area contributed by atoms with Crippen LogP contribution in [0, 0.1) is 5.92 Å². The van der Waals surface area contributed by atoms with Crippen molar-refractivity contribution in [3.05, 3.63) is 29.8 Å². The zero-order chi connectivity index (χ0) is 17.9. The van der Waals surface area contributed by atoms with E-state index in [1.54, 1.807) is 4.90 Å². The Labute approximate surface area is 143 Å². The number of carbonyl (C=O) groups is 1. The van der Waals surface area contributed by atoms with E-state index in [2.05, 4.69) is 0 Å². The van der Waals surface area contributed by atoms with Crippen molar-refractivity contribution in [2.45, 2.75) is 25.3 Å². The summed E-state index contributed by atoms with van der Waals surface area (Å²) in [7, 11) is 0. The number of nitrogens with zero attached hydrogens (tertiary/aromatic N) is 1. The largest absolute Gasteiger partial charge is 0.483 e. The van der Waals surface area contributed by atoms with Gasteiger partial charge in [0.15, 0.2) is 12.9 Å². The molecule has 0 saturated carbocycles. The van der Waals surface area contributed by atoms with Crippen molar-refractivity contribution < 1.29 is 32.2 Å². The Kier molecular flexibility index (Phi) is 5.48. The molecule has 0 N–H and O–H groups in total. The van der Waals surface area contributed by atoms with Gasteiger partial charge in [0.2, 0.25) is 0 Å². The van der Waals surface area contributed by atoms with Crippen molar-refractivity contribution in [3.63, 3.8) is 0 Å². The Balaban J connectivity index is 1.51. The van der Waals surface area contributed by atoms with Gasteiger partial charge in [0.1, 0.15) is 5.75 Å². The van der Waals surface area contributed by atoms with E-state index in [-0.39, 0.29) is 23.9 Å². The average molecular weight is 359 g/mol. The van der Waals surface area contributed by atoms with Crippen LogP contribution in [0.5, 0.6) is 5.75 Å². The maximum absolute atomic E-state index is 12.9. The third-order valence-corrected chi connectivity index (χ3v) is 4.47. The highest BCUT2D eigenvalue weighted by Crippen LogP contribution is 2.36. The predicted molar refractivity (Wildman–Crippen MR) is 81.9 cm³/mol. The molecule has 0 unspecified atom stereocenters. The number of piperidine rings is 1. The maximum Gasteiger partial charge on any atom is 0.419 e. The quantitative estimate of drug-likeness (QED) is 0.829. The lowest BCUT2D eigenvalue weighted by Crippen LogP contribution is -2.43. The molecule has 3 rings (SSSR count). The Morgan fingerprint density at radius 3 is 2.44 bits per heavy atom. The molecule has 2 aliphatic heterocycles. The first-order valence-corrected chi connectivity index (χ1v) is 8.25. The van der Waals surface area contributed by atoms with Crippen molar-refractivity contribution in [2.24, 2.45) is 5.92 Å². The lowest BCUT2D eigenvalue weighted by atomic mass is 9.96. The summed E-state index contributed by atoms with van der Waals surface area (Å²) in [5.41, 5.74) is -0.878. The van der Waals surface area contributed by atoms with Gasteiger partial charge in [0.05, 0.1) is 18.8 Å².